The van der Waals surface area contributed by atoms with Crippen molar-refractivity contribution in [3.05, 3.63) is 35.9 Å². The molecule has 0 saturated carbocycles. The van der Waals surface area contributed by atoms with Gasteiger partial charge in [-0.05, 0) is 62.1 Å². The SMILES string of the molecule is CC1=[N+](CCCCS(=O)(=O)O)c2ccc3ccc(OCCCCS(=O)(=O)O)cc3c2C1(C)C.[Na+].[Na+]. The van der Waals surface area contributed by atoms with Crippen LogP contribution >= 0.6 is 0 Å². The molecule has 35 heavy (non-hydrogen) atoms. The second-order valence-electron chi connectivity index (χ2n) is 9.04. The van der Waals surface area contributed by atoms with Crippen LogP contribution in [-0.4, -0.2) is 60.9 Å². The standard InChI is InChI=1S/C23H31NO7S2.2Na/c1-17-23(2,3)22-20-16-19(31-13-5-7-15-33(28,29)30)10-8-18(20)9-11-21(22)24(17)12-4-6-14-32(25,26)27;;/h8-11,16H,4-7,12-15H2,1-3H3,(H-,25,26,27,28,29,30);;/q;2*+1/p+1. The Morgan fingerprint density at radius 2 is 1.46 bits per heavy atom. The fraction of sp³-hybridized carbons (Fsp3) is 0.522. The first-order valence-electron chi connectivity index (χ1n) is 11.0. The van der Waals surface area contributed by atoms with Gasteiger partial charge >= 0.3 is 59.1 Å². The summed E-state index contributed by atoms with van der Waals surface area (Å²) >= 11 is 0. The van der Waals surface area contributed by atoms with Crippen molar-refractivity contribution < 1.29 is 94.4 Å². The molecule has 1 heterocycles. The maximum absolute atomic E-state index is 11.0. The van der Waals surface area contributed by atoms with E-state index in [9.17, 15) is 16.8 Å². The van der Waals surface area contributed by atoms with Gasteiger partial charge in [0, 0.05) is 25.0 Å². The first kappa shape index (κ1) is 33.0. The molecule has 0 amide bonds. The van der Waals surface area contributed by atoms with Crippen LogP contribution in [0.15, 0.2) is 30.3 Å². The minimum absolute atomic E-state index is 0. The second kappa shape index (κ2) is 13.2. The van der Waals surface area contributed by atoms with Gasteiger partial charge in [0.1, 0.15) is 12.3 Å². The molecular weight excluding hydrogens is 512 g/mol. The van der Waals surface area contributed by atoms with Crippen LogP contribution in [0.3, 0.4) is 0 Å². The van der Waals surface area contributed by atoms with E-state index in [2.05, 4.69) is 37.5 Å². The van der Waals surface area contributed by atoms with Crippen molar-refractivity contribution in [2.24, 2.45) is 0 Å². The van der Waals surface area contributed by atoms with Crippen molar-refractivity contribution in [1.82, 2.24) is 0 Å². The predicted octanol–water partition coefficient (Wildman–Crippen LogP) is -2.04. The zero-order valence-corrected chi connectivity index (χ0v) is 26.9. The van der Waals surface area contributed by atoms with Crippen molar-refractivity contribution in [2.45, 2.75) is 51.9 Å². The molecule has 12 heteroatoms. The predicted molar refractivity (Wildman–Crippen MR) is 129 cm³/mol. The summed E-state index contributed by atoms with van der Waals surface area (Å²) in [4.78, 5) is 0. The van der Waals surface area contributed by atoms with Gasteiger partial charge in [-0.2, -0.15) is 21.4 Å². The van der Waals surface area contributed by atoms with E-state index >= 15 is 0 Å². The average Bonchev–Trinajstić information content (AvgIpc) is 2.89. The number of benzene rings is 2. The summed E-state index contributed by atoms with van der Waals surface area (Å²) in [5.41, 5.74) is 3.21. The van der Waals surface area contributed by atoms with Crippen LogP contribution in [0.2, 0.25) is 0 Å². The number of nitrogens with zero attached hydrogens (tertiary/aromatic N) is 1. The number of fused-ring (bicyclic) bond motifs is 3. The van der Waals surface area contributed by atoms with Crippen LogP contribution in [-0.2, 0) is 25.7 Å². The Morgan fingerprint density at radius 3 is 2.06 bits per heavy atom. The van der Waals surface area contributed by atoms with Crippen molar-refractivity contribution in [3.63, 3.8) is 0 Å². The van der Waals surface area contributed by atoms with Crippen LogP contribution in [0.1, 0.15) is 52.0 Å². The Bertz CT molecular complexity index is 1290. The molecule has 2 aromatic carbocycles. The van der Waals surface area contributed by atoms with E-state index in [1.54, 1.807) is 0 Å². The molecule has 0 radical (unpaired) electrons. The summed E-state index contributed by atoms with van der Waals surface area (Å²) in [6, 6.07) is 10.1. The van der Waals surface area contributed by atoms with Crippen molar-refractivity contribution in [3.8, 4) is 5.75 Å². The second-order valence-corrected chi connectivity index (χ2v) is 12.2. The van der Waals surface area contributed by atoms with Gasteiger partial charge in [0.15, 0.2) is 5.71 Å². The van der Waals surface area contributed by atoms with E-state index in [4.69, 9.17) is 13.8 Å². The molecule has 0 saturated heterocycles. The molecule has 0 aromatic heterocycles. The van der Waals surface area contributed by atoms with E-state index in [1.807, 2.05) is 18.2 Å². The topological polar surface area (TPSA) is 121 Å². The molecule has 3 rings (SSSR count). The van der Waals surface area contributed by atoms with Gasteiger partial charge in [-0.3, -0.25) is 9.11 Å². The third kappa shape index (κ3) is 8.77. The van der Waals surface area contributed by atoms with Gasteiger partial charge < -0.3 is 4.74 Å². The molecule has 0 aliphatic carbocycles. The third-order valence-electron chi connectivity index (χ3n) is 6.30. The van der Waals surface area contributed by atoms with Gasteiger partial charge in [-0.25, -0.2) is 0 Å². The fourth-order valence-corrected chi connectivity index (χ4v) is 5.51. The fourth-order valence-electron chi connectivity index (χ4n) is 4.38. The number of unbranched alkanes of at least 4 members (excludes halogenated alkanes) is 2. The van der Waals surface area contributed by atoms with Gasteiger partial charge in [-0.15, -0.1) is 0 Å². The summed E-state index contributed by atoms with van der Waals surface area (Å²) in [6.45, 7) is 7.44. The Labute approximate surface area is 252 Å². The Morgan fingerprint density at radius 1 is 0.886 bits per heavy atom. The van der Waals surface area contributed by atoms with Crippen molar-refractivity contribution in [1.29, 1.82) is 0 Å². The minimum Gasteiger partial charge on any atom is -0.494 e. The number of ether oxygens (including phenoxy) is 1. The summed E-state index contributed by atoms with van der Waals surface area (Å²) < 4.78 is 69.6. The summed E-state index contributed by atoms with van der Waals surface area (Å²) in [6.07, 6.45) is 1.87. The maximum Gasteiger partial charge on any atom is 1.00 e. The molecule has 1 aliphatic rings. The Hall–Kier alpha value is -0.01000. The van der Waals surface area contributed by atoms with Crippen LogP contribution in [0.5, 0.6) is 5.75 Å². The molecule has 182 valence electrons. The average molecular weight is 545 g/mol. The minimum atomic E-state index is -3.95. The van der Waals surface area contributed by atoms with Crippen molar-refractivity contribution >= 4 is 42.4 Å². The van der Waals surface area contributed by atoms with Crippen LogP contribution in [0, 0.1) is 0 Å². The first-order valence-corrected chi connectivity index (χ1v) is 14.2. The quantitative estimate of drug-likeness (QED) is 0.145. The zero-order valence-electron chi connectivity index (χ0n) is 21.2. The Kier molecular flexibility index (Phi) is 12.4. The molecule has 2 N–H and O–H groups in total. The number of hydrogen-bond acceptors (Lipinski definition) is 5. The third-order valence-corrected chi connectivity index (χ3v) is 7.90. The maximum atomic E-state index is 11.0. The summed E-state index contributed by atoms with van der Waals surface area (Å²) in [5, 5.41) is 2.16. The summed E-state index contributed by atoms with van der Waals surface area (Å²) in [5.74, 6) is 0.187. The van der Waals surface area contributed by atoms with E-state index in [0.717, 1.165) is 16.5 Å². The molecule has 8 nitrogen and oxygen atoms in total. The number of hydrogen-bond donors (Lipinski definition) is 2. The monoisotopic (exact) mass is 544 g/mol. The zero-order chi connectivity index (χ0) is 24.4. The van der Waals surface area contributed by atoms with Crippen LogP contribution < -0.4 is 63.9 Å². The molecule has 0 fully saturated rings. The largest absolute Gasteiger partial charge is 1.00 e. The first-order chi connectivity index (χ1) is 15.3. The van der Waals surface area contributed by atoms with Crippen LogP contribution in [0.4, 0.5) is 5.69 Å². The van der Waals surface area contributed by atoms with Gasteiger partial charge in [0.05, 0.1) is 23.5 Å². The Balaban J connectivity index is 0.00000306. The number of rotatable bonds is 11. The molecule has 2 aromatic rings. The smallest absolute Gasteiger partial charge is 0.494 e. The van der Waals surface area contributed by atoms with Gasteiger partial charge in [-0.1, -0.05) is 6.07 Å². The molecule has 0 unspecified atom stereocenters. The van der Waals surface area contributed by atoms with E-state index in [0.29, 0.717) is 44.6 Å². The molecule has 0 spiro atoms. The van der Waals surface area contributed by atoms with Crippen molar-refractivity contribution in [2.75, 3.05) is 24.7 Å². The van der Waals surface area contributed by atoms with Gasteiger partial charge in [0.2, 0.25) is 5.69 Å². The summed E-state index contributed by atoms with van der Waals surface area (Å²) in [7, 11) is -7.90. The molecule has 1 aliphatic heterocycles. The van der Waals surface area contributed by atoms with Gasteiger partial charge in [0.25, 0.3) is 20.2 Å². The van der Waals surface area contributed by atoms with Crippen LogP contribution in [0.25, 0.3) is 10.8 Å². The normalized spacial score (nSPS) is 14.9. The molecule has 0 bridgehead atoms. The van der Waals surface area contributed by atoms with E-state index in [1.165, 1.54) is 11.3 Å². The molecular formula is C23H32NNa2O7S2+3. The molecule has 0 atom stereocenters. The van der Waals surface area contributed by atoms with E-state index < -0.39 is 20.2 Å². The van der Waals surface area contributed by atoms with E-state index in [-0.39, 0.29) is 76.0 Å².